The van der Waals surface area contributed by atoms with Crippen LogP contribution in [-0.2, 0) is 0 Å². The molecule has 1 aliphatic rings. The maximum absolute atomic E-state index is 13.8. The summed E-state index contributed by atoms with van der Waals surface area (Å²) in [6, 6.07) is 4.91. The number of hydrogen-bond donors (Lipinski definition) is 0. The van der Waals surface area contributed by atoms with Gasteiger partial charge in [-0.15, -0.1) is 11.6 Å². The Hall–Kier alpha value is -0.760. The van der Waals surface area contributed by atoms with Crippen LogP contribution in [0.4, 0.5) is 4.39 Å². The smallest absolute Gasteiger partial charge is 0.131 e. The Morgan fingerprint density at radius 1 is 1.39 bits per heavy atom. The van der Waals surface area contributed by atoms with Crippen molar-refractivity contribution in [3.05, 3.63) is 29.6 Å². The average molecular weight is 271 g/mol. The first-order valence-electron chi connectivity index (χ1n) is 6.68. The molecule has 100 valence electrons. The SMILES string of the molecule is COc1ccc(C(Cl)CCC2CCCC2)c(F)c1. The maximum Gasteiger partial charge on any atom is 0.131 e. The molecule has 0 bridgehead atoms. The molecule has 1 aromatic rings. The number of ether oxygens (including phenoxy) is 1. The van der Waals surface area contributed by atoms with Crippen LogP contribution < -0.4 is 4.74 Å². The van der Waals surface area contributed by atoms with Crippen LogP contribution in [0.25, 0.3) is 0 Å². The minimum absolute atomic E-state index is 0.225. The second kappa shape index (κ2) is 6.42. The lowest BCUT2D eigenvalue weighted by atomic mass is 9.98. The average Bonchev–Trinajstić information content (AvgIpc) is 2.88. The Bertz CT molecular complexity index is 388. The normalized spacial score (nSPS) is 17.9. The number of alkyl halides is 1. The molecule has 18 heavy (non-hydrogen) atoms. The van der Waals surface area contributed by atoms with Gasteiger partial charge in [-0.1, -0.05) is 31.7 Å². The third kappa shape index (κ3) is 3.38. The summed E-state index contributed by atoms with van der Waals surface area (Å²) in [5, 5.41) is -0.225. The predicted molar refractivity (Wildman–Crippen MR) is 72.7 cm³/mol. The Labute approximate surface area is 113 Å². The highest BCUT2D eigenvalue weighted by Gasteiger charge is 2.19. The van der Waals surface area contributed by atoms with Crippen molar-refractivity contribution in [2.75, 3.05) is 7.11 Å². The molecule has 1 fully saturated rings. The molecule has 1 atom stereocenters. The number of benzene rings is 1. The zero-order valence-electron chi connectivity index (χ0n) is 10.8. The second-order valence-electron chi connectivity index (χ2n) is 5.08. The van der Waals surface area contributed by atoms with Gasteiger partial charge in [0.2, 0.25) is 0 Å². The highest BCUT2D eigenvalue weighted by molar-refractivity contribution is 6.20. The lowest BCUT2D eigenvalue weighted by Gasteiger charge is -2.14. The van der Waals surface area contributed by atoms with Gasteiger partial charge in [0.15, 0.2) is 0 Å². The molecule has 0 heterocycles. The van der Waals surface area contributed by atoms with Crippen LogP contribution in [0.3, 0.4) is 0 Å². The van der Waals surface area contributed by atoms with E-state index in [2.05, 4.69) is 0 Å². The van der Waals surface area contributed by atoms with Crippen LogP contribution >= 0.6 is 11.6 Å². The zero-order valence-corrected chi connectivity index (χ0v) is 11.5. The number of hydrogen-bond acceptors (Lipinski definition) is 1. The van der Waals surface area contributed by atoms with Crippen molar-refractivity contribution in [3.63, 3.8) is 0 Å². The van der Waals surface area contributed by atoms with Gasteiger partial charge in [0.05, 0.1) is 12.5 Å². The molecule has 0 radical (unpaired) electrons. The molecule has 0 aliphatic heterocycles. The van der Waals surface area contributed by atoms with Gasteiger partial charge < -0.3 is 4.74 Å². The highest BCUT2D eigenvalue weighted by Crippen LogP contribution is 2.35. The van der Waals surface area contributed by atoms with Gasteiger partial charge in [-0.2, -0.15) is 0 Å². The summed E-state index contributed by atoms with van der Waals surface area (Å²) in [6.45, 7) is 0. The predicted octanol–water partition coefficient (Wildman–Crippen LogP) is 5.08. The summed E-state index contributed by atoms with van der Waals surface area (Å²) in [7, 11) is 1.53. The van der Waals surface area contributed by atoms with Crippen LogP contribution in [-0.4, -0.2) is 7.11 Å². The van der Waals surface area contributed by atoms with Gasteiger partial charge in [0.1, 0.15) is 11.6 Å². The Kier molecular flexibility index (Phi) is 4.87. The third-order valence-corrected chi connectivity index (χ3v) is 4.30. The molecule has 0 spiro atoms. The van der Waals surface area contributed by atoms with Gasteiger partial charge in [-0.05, 0) is 24.8 Å². The van der Waals surface area contributed by atoms with Gasteiger partial charge in [0, 0.05) is 11.6 Å². The molecular formula is C15H20ClFO. The monoisotopic (exact) mass is 270 g/mol. The van der Waals surface area contributed by atoms with E-state index in [-0.39, 0.29) is 11.2 Å². The summed E-state index contributed by atoms with van der Waals surface area (Å²) in [4.78, 5) is 0. The Balaban J connectivity index is 1.93. The fraction of sp³-hybridized carbons (Fsp3) is 0.600. The fourth-order valence-corrected chi connectivity index (χ4v) is 3.03. The van der Waals surface area contributed by atoms with E-state index in [0.29, 0.717) is 11.3 Å². The van der Waals surface area contributed by atoms with Gasteiger partial charge in [0.25, 0.3) is 0 Å². The Morgan fingerprint density at radius 3 is 2.72 bits per heavy atom. The van der Waals surface area contributed by atoms with Crippen LogP contribution in [0.5, 0.6) is 5.75 Å². The van der Waals surface area contributed by atoms with Gasteiger partial charge in [-0.3, -0.25) is 0 Å². The van der Waals surface area contributed by atoms with Crippen molar-refractivity contribution < 1.29 is 9.13 Å². The van der Waals surface area contributed by atoms with Crippen molar-refractivity contribution in [2.45, 2.75) is 43.9 Å². The molecule has 0 N–H and O–H groups in total. The maximum atomic E-state index is 13.8. The lowest BCUT2D eigenvalue weighted by Crippen LogP contribution is -2.00. The lowest BCUT2D eigenvalue weighted by molar-refractivity contribution is 0.410. The molecular weight excluding hydrogens is 251 g/mol. The molecule has 1 aliphatic carbocycles. The summed E-state index contributed by atoms with van der Waals surface area (Å²) >= 11 is 6.30. The van der Waals surface area contributed by atoms with E-state index in [1.807, 2.05) is 0 Å². The van der Waals surface area contributed by atoms with E-state index >= 15 is 0 Å². The Morgan fingerprint density at radius 2 is 2.11 bits per heavy atom. The van der Waals surface area contributed by atoms with E-state index in [0.717, 1.165) is 18.8 Å². The molecule has 2 rings (SSSR count). The van der Waals surface area contributed by atoms with Crippen LogP contribution in [0.15, 0.2) is 18.2 Å². The van der Waals surface area contributed by atoms with E-state index in [4.69, 9.17) is 16.3 Å². The van der Waals surface area contributed by atoms with Crippen molar-refractivity contribution in [1.29, 1.82) is 0 Å². The summed E-state index contributed by atoms with van der Waals surface area (Å²) in [6.07, 6.45) is 7.28. The van der Waals surface area contributed by atoms with Crippen LogP contribution in [0, 0.1) is 11.7 Å². The van der Waals surface area contributed by atoms with E-state index in [1.165, 1.54) is 38.9 Å². The van der Waals surface area contributed by atoms with Crippen molar-refractivity contribution in [1.82, 2.24) is 0 Å². The number of rotatable bonds is 5. The summed E-state index contributed by atoms with van der Waals surface area (Å²) in [5.41, 5.74) is 0.593. The minimum atomic E-state index is -0.263. The topological polar surface area (TPSA) is 9.23 Å². The first kappa shape index (κ1) is 13.7. The first-order valence-corrected chi connectivity index (χ1v) is 7.12. The molecule has 1 unspecified atom stereocenters. The third-order valence-electron chi connectivity index (χ3n) is 3.85. The standard InChI is InChI=1S/C15H20ClFO/c1-18-12-7-8-13(15(17)10-12)14(16)9-6-11-4-2-3-5-11/h7-8,10-11,14H,2-6,9H2,1H3. The van der Waals surface area contributed by atoms with Crippen molar-refractivity contribution in [3.8, 4) is 5.75 Å². The quantitative estimate of drug-likeness (QED) is 0.678. The minimum Gasteiger partial charge on any atom is -0.497 e. The molecule has 0 aromatic heterocycles. The first-order chi connectivity index (χ1) is 8.70. The van der Waals surface area contributed by atoms with Gasteiger partial charge in [-0.25, -0.2) is 4.39 Å². The van der Waals surface area contributed by atoms with Gasteiger partial charge >= 0.3 is 0 Å². The highest BCUT2D eigenvalue weighted by atomic mass is 35.5. The zero-order chi connectivity index (χ0) is 13.0. The molecule has 3 heteroatoms. The van der Waals surface area contributed by atoms with E-state index in [1.54, 1.807) is 12.1 Å². The number of methoxy groups -OCH3 is 1. The summed E-state index contributed by atoms with van der Waals surface area (Å²) in [5.74, 6) is 1.07. The molecule has 1 nitrogen and oxygen atoms in total. The summed E-state index contributed by atoms with van der Waals surface area (Å²) < 4.78 is 18.8. The van der Waals surface area contributed by atoms with E-state index < -0.39 is 0 Å². The number of halogens is 2. The molecule has 0 saturated heterocycles. The van der Waals surface area contributed by atoms with E-state index in [9.17, 15) is 4.39 Å². The van der Waals surface area contributed by atoms with Crippen molar-refractivity contribution in [2.24, 2.45) is 5.92 Å². The fourth-order valence-electron chi connectivity index (χ4n) is 2.73. The molecule has 1 aromatic carbocycles. The van der Waals surface area contributed by atoms with Crippen LogP contribution in [0.1, 0.15) is 49.5 Å². The second-order valence-corrected chi connectivity index (χ2v) is 5.61. The van der Waals surface area contributed by atoms with Crippen LogP contribution in [0.2, 0.25) is 0 Å². The molecule has 1 saturated carbocycles. The van der Waals surface area contributed by atoms with Crippen molar-refractivity contribution >= 4 is 11.6 Å². The largest absolute Gasteiger partial charge is 0.497 e. The molecule has 0 amide bonds.